The topological polar surface area (TPSA) is 0 Å². The molecule has 0 aliphatic rings. The van der Waals surface area contributed by atoms with E-state index < -0.39 is 8.07 Å². The SMILES string of the molecule is C[Si](C)(C)C=CC#CC#Cc1ccccc1. The zero-order valence-electron chi connectivity index (χ0n) is 10.0. The lowest BCUT2D eigenvalue weighted by Crippen LogP contribution is -2.14. The van der Waals surface area contributed by atoms with Gasteiger partial charge in [-0.2, -0.15) is 0 Å². The van der Waals surface area contributed by atoms with E-state index in [1.54, 1.807) is 0 Å². The van der Waals surface area contributed by atoms with Gasteiger partial charge in [-0.05, 0) is 30.0 Å². The van der Waals surface area contributed by atoms with E-state index in [0.717, 1.165) is 5.56 Å². The summed E-state index contributed by atoms with van der Waals surface area (Å²) >= 11 is 0. The van der Waals surface area contributed by atoms with Gasteiger partial charge < -0.3 is 0 Å². The van der Waals surface area contributed by atoms with Crippen LogP contribution in [0.2, 0.25) is 19.6 Å². The van der Waals surface area contributed by atoms with Gasteiger partial charge in [-0.1, -0.05) is 55.4 Å². The monoisotopic (exact) mass is 224 g/mol. The molecule has 0 heterocycles. The molecular formula is C15H16Si. The van der Waals surface area contributed by atoms with Crippen LogP contribution in [-0.4, -0.2) is 8.07 Å². The van der Waals surface area contributed by atoms with Gasteiger partial charge in [0, 0.05) is 5.56 Å². The summed E-state index contributed by atoms with van der Waals surface area (Å²) in [4.78, 5) is 0. The Morgan fingerprint density at radius 1 is 1.00 bits per heavy atom. The summed E-state index contributed by atoms with van der Waals surface area (Å²) < 4.78 is 0. The summed E-state index contributed by atoms with van der Waals surface area (Å²) in [6.45, 7) is 6.84. The molecule has 0 N–H and O–H groups in total. The molecule has 0 bridgehead atoms. The van der Waals surface area contributed by atoms with Crippen molar-refractivity contribution in [1.29, 1.82) is 0 Å². The minimum absolute atomic E-state index is 1.01. The largest absolute Gasteiger partial charge is 0.0868 e. The average Bonchev–Trinajstić information content (AvgIpc) is 2.23. The van der Waals surface area contributed by atoms with Crippen molar-refractivity contribution in [2.45, 2.75) is 19.6 Å². The van der Waals surface area contributed by atoms with Crippen molar-refractivity contribution < 1.29 is 0 Å². The molecule has 16 heavy (non-hydrogen) atoms. The van der Waals surface area contributed by atoms with Crippen molar-refractivity contribution in [3.05, 3.63) is 47.7 Å². The van der Waals surface area contributed by atoms with Gasteiger partial charge in [0.15, 0.2) is 0 Å². The van der Waals surface area contributed by atoms with Gasteiger partial charge in [0.25, 0.3) is 0 Å². The van der Waals surface area contributed by atoms with Crippen molar-refractivity contribution in [2.75, 3.05) is 0 Å². The molecule has 1 rings (SSSR count). The minimum atomic E-state index is -1.11. The molecule has 0 radical (unpaired) electrons. The van der Waals surface area contributed by atoms with Crippen LogP contribution in [0.5, 0.6) is 0 Å². The van der Waals surface area contributed by atoms with Crippen LogP contribution >= 0.6 is 0 Å². The fraction of sp³-hybridized carbons (Fsp3) is 0.200. The third-order valence-electron chi connectivity index (χ3n) is 1.78. The Balaban J connectivity index is 2.57. The molecule has 80 valence electrons. The first-order valence-electron chi connectivity index (χ1n) is 5.32. The Labute approximate surface area is 99.4 Å². The van der Waals surface area contributed by atoms with Gasteiger partial charge in [-0.15, -0.1) is 0 Å². The van der Waals surface area contributed by atoms with Crippen LogP contribution < -0.4 is 0 Å². The second-order valence-corrected chi connectivity index (χ2v) is 9.65. The summed E-state index contributed by atoms with van der Waals surface area (Å²) in [6, 6.07) is 9.89. The molecule has 0 aliphatic heterocycles. The minimum Gasteiger partial charge on any atom is -0.0868 e. The van der Waals surface area contributed by atoms with E-state index >= 15 is 0 Å². The van der Waals surface area contributed by atoms with Gasteiger partial charge >= 0.3 is 0 Å². The maximum atomic E-state index is 3.00. The highest BCUT2D eigenvalue weighted by Gasteiger charge is 2.05. The lowest BCUT2D eigenvalue weighted by Gasteiger charge is -2.05. The van der Waals surface area contributed by atoms with E-state index in [4.69, 9.17) is 0 Å². The zero-order valence-corrected chi connectivity index (χ0v) is 11.0. The molecule has 0 amide bonds. The van der Waals surface area contributed by atoms with E-state index in [0.29, 0.717) is 0 Å². The van der Waals surface area contributed by atoms with Crippen LogP contribution in [0.1, 0.15) is 5.56 Å². The molecule has 0 atom stereocenters. The van der Waals surface area contributed by atoms with Crippen LogP contribution in [0.15, 0.2) is 42.1 Å². The molecule has 1 heteroatoms. The van der Waals surface area contributed by atoms with Crippen molar-refractivity contribution in [3.8, 4) is 23.7 Å². The maximum Gasteiger partial charge on any atom is 0.0695 e. The third kappa shape index (κ3) is 5.91. The molecular weight excluding hydrogens is 208 g/mol. The molecule has 0 fully saturated rings. The van der Waals surface area contributed by atoms with Gasteiger partial charge in [0.1, 0.15) is 0 Å². The Morgan fingerprint density at radius 3 is 2.31 bits per heavy atom. The molecule has 0 saturated heterocycles. The normalized spacial score (nSPS) is 10.2. The fourth-order valence-electron chi connectivity index (χ4n) is 0.994. The predicted molar refractivity (Wildman–Crippen MR) is 73.6 cm³/mol. The van der Waals surface area contributed by atoms with Crippen LogP contribution in [0.4, 0.5) is 0 Å². The standard InChI is InChI=1S/C15H16Si/c1-16(2,3)14-10-5-4-7-11-15-12-8-6-9-13-15/h6,8-10,12-14H,1-3H3. The average molecular weight is 224 g/mol. The molecule has 0 aromatic heterocycles. The molecule has 0 aliphatic carbocycles. The molecule has 0 nitrogen and oxygen atoms in total. The van der Waals surface area contributed by atoms with Gasteiger partial charge in [-0.25, -0.2) is 0 Å². The van der Waals surface area contributed by atoms with Crippen LogP contribution in [-0.2, 0) is 0 Å². The smallest absolute Gasteiger partial charge is 0.0695 e. The summed E-state index contributed by atoms with van der Waals surface area (Å²) in [7, 11) is -1.11. The third-order valence-corrected chi connectivity index (χ3v) is 2.95. The second kappa shape index (κ2) is 6.01. The zero-order chi connectivity index (χ0) is 11.9. The second-order valence-electron chi connectivity index (χ2n) is 4.58. The molecule has 1 aromatic carbocycles. The lowest BCUT2D eigenvalue weighted by atomic mass is 10.2. The van der Waals surface area contributed by atoms with E-state index in [2.05, 4.69) is 49.0 Å². The van der Waals surface area contributed by atoms with Crippen molar-refractivity contribution in [1.82, 2.24) is 0 Å². The Morgan fingerprint density at radius 2 is 1.69 bits per heavy atom. The van der Waals surface area contributed by atoms with Crippen molar-refractivity contribution in [3.63, 3.8) is 0 Å². The van der Waals surface area contributed by atoms with Crippen molar-refractivity contribution in [2.24, 2.45) is 0 Å². The van der Waals surface area contributed by atoms with Crippen LogP contribution in [0.25, 0.3) is 0 Å². The number of allylic oxidation sites excluding steroid dienone is 1. The van der Waals surface area contributed by atoms with Crippen LogP contribution in [0.3, 0.4) is 0 Å². The van der Waals surface area contributed by atoms with Crippen molar-refractivity contribution >= 4 is 8.07 Å². The van der Waals surface area contributed by atoms with Gasteiger partial charge in [0.2, 0.25) is 0 Å². The lowest BCUT2D eigenvalue weighted by molar-refractivity contribution is 1.65. The highest BCUT2D eigenvalue weighted by Crippen LogP contribution is 2.00. The highest BCUT2D eigenvalue weighted by atomic mass is 28.3. The first-order chi connectivity index (χ1) is 7.58. The number of benzene rings is 1. The summed E-state index contributed by atoms with van der Waals surface area (Å²) in [5.41, 5.74) is 3.22. The van der Waals surface area contributed by atoms with E-state index in [1.807, 2.05) is 36.4 Å². The highest BCUT2D eigenvalue weighted by molar-refractivity contribution is 6.81. The number of hydrogen-bond donors (Lipinski definition) is 0. The summed E-state index contributed by atoms with van der Waals surface area (Å²) in [6.07, 6.45) is 1.92. The summed E-state index contributed by atoms with van der Waals surface area (Å²) in [5, 5.41) is 0. The molecule has 0 unspecified atom stereocenters. The van der Waals surface area contributed by atoms with E-state index in [9.17, 15) is 0 Å². The van der Waals surface area contributed by atoms with Crippen LogP contribution in [0, 0.1) is 23.7 Å². The first kappa shape index (κ1) is 12.4. The van der Waals surface area contributed by atoms with E-state index in [-0.39, 0.29) is 0 Å². The number of hydrogen-bond acceptors (Lipinski definition) is 0. The van der Waals surface area contributed by atoms with Gasteiger partial charge in [0.05, 0.1) is 8.07 Å². The summed E-state index contributed by atoms with van der Waals surface area (Å²) in [5.74, 6) is 11.6. The quantitative estimate of drug-likeness (QED) is 0.506. The van der Waals surface area contributed by atoms with Gasteiger partial charge in [-0.3, -0.25) is 0 Å². The molecule has 1 aromatic rings. The predicted octanol–water partition coefficient (Wildman–Crippen LogP) is 3.48. The van der Waals surface area contributed by atoms with E-state index in [1.165, 1.54) is 0 Å². The molecule has 0 saturated carbocycles. The Kier molecular flexibility index (Phi) is 4.64. The first-order valence-corrected chi connectivity index (χ1v) is 8.90. The Bertz CT molecular complexity index is 467. The fourth-order valence-corrected chi connectivity index (χ4v) is 1.58. The Hall–Kier alpha value is -1.70. The number of rotatable bonds is 1. The maximum absolute atomic E-state index is 3.00. The molecule has 0 spiro atoms.